The first-order valence-electron chi connectivity index (χ1n) is 11.7. The highest BCUT2D eigenvalue weighted by Crippen LogP contribution is 2.47. The van der Waals surface area contributed by atoms with E-state index in [1.165, 1.54) is 7.11 Å². The van der Waals surface area contributed by atoms with Crippen LogP contribution < -0.4 is 9.47 Å². The Bertz CT molecular complexity index is 1460. The van der Waals surface area contributed by atoms with Gasteiger partial charge in [0.25, 0.3) is 0 Å². The molecule has 0 aliphatic carbocycles. The summed E-state index contributed by atoms with van der Waals surface area (Å²) in [6.07, 6.45) is 0.668. The van der Waals surface area contributed by atoms with Crippen molar-refractivity contribution in [1.29, 1.82) is 5.26 Å². The van der Waals surface area contributed by atoms with Gasteiger partial charge in [0.1, 0.15) is 11.5 Å². The van der Waals surface area contributed by atoms with Crippen LogP contribution in [0.4, 0.5) is 0 Å². The fourth-order valence-corrected chi connectivity index (χ4v) is 5.12. The molecule has 0 amide bonds. The Balaban J connectivity index is 1.79. The van der Waals surface area contributed by atoms with Crippen LogP contribution in [0.25, 0.3) is 0 Å². The number of aromatic nitrogens is 1. The zero-order valence-corrected chi connectivity index (χ0v) is 20.4. The Morgan fingerprint density at radius 1 is 1.00 bits per heavy atom. The lowest BCUT2D eigenvalue weighted by molar-refractivity contribution is 0.0599. The van der Waals surface area contributed by atoms with E-state index >= 15 is 0 Å². The maximum absolute atomic E-state index is 13.1. The van der Waals surface area contributed by atoms with Crippen molar-refractivity contribution in [3.8, 4) is 17.6 Å². The second kappa shape index (κ2) is 9.63. The number of carbonyl (C=O) groups is 1. The third-order valence-electron chi connectivity index (χ3n) is 6.78. The van der Waals surface area contributed by atoms with E-state index < -0.39 is 0 Å². The fourth-order valence-electron chi connectivity index (χ4n) is 5.12. The molecule has 1 aromatic heterocycles. The van der Waals surface area contributed by atoms with Crippen molar-refractivity contribution in [2.75, 3.05) is 21.3 Å². The van der Waals surface area contributed by atoms with Gasteiger partial charge < -0.3 is 18.8 Å². The number of nitriles is 1. The number of esters is 1. The minimum absolute atomic E-state index is 0.305. The minimum Gasteiger partial charge on any atom is -0.497 e. The van der Waals surface area contributed by atoms with Gasteiger partial charge >= 0.3 is 5.97 Å². The molecule has 36 heavy (non-hydrogen) atoms. The molecule has 0 radical (unpaired) electrons. The van der Waals surface area contributed by atoms with Crippen LogP contribution in [-0.2, 0) is 17.7 Å². The van der Waals surface area contributed by atoms with Crippen LogP contribution in [0.5, 0.6) is 11.5 Å². The molecule has 5 rings (SSSR count). The largest absolute Gasteiger partial charge is 0.497 e. The lowest BCUT2D eigenvalue weighted by Crippen LogP contribution is -2.24. The Morgan fingerprint density at radius 2 is 1.75 bits per heavy atom. The molecule has 1 aliphatic rings. The van der Waals surface area contributed by atoms with Gasteiger partial charge in [-0.25, -0.2) is 4.79 Å². The van der Waals surface area contributed by atoms with Crippen molar-refractivity contribution in [2.45, 2.75) is 18.9 Å². The second-order valence-electron chi connectivity index (χ2n) is 8.74. The summed E-state index contributed by atoms with van der Waals surface area (Å²) >= 11 is 0. The average molecular weight is 479 g/mol. The Morgan fingerprint density at radius 3 is 2.39 bits per heavy atom. The number of nitrogens with zero attached hydrogens (tertiary/aromatic N) is 2. The molecule has 0 bridgehead atoms. The van der Waals surface area contributed by atoms with E-state index in [4.69, 9.17) is 14.2 Å². The van der Waals surface area contributed by atoms with Crippen molar-refractivity contribution < 1.29 is 19.0 Å². The predicted molar refractivity (Wildman–Crippen MR) is 136 cm³/mol. The molecule has 6 heteroatoms. The molecule has 0 spiro atoms. The second-order valence-corrected chi connectivity index (χ2v) is 8.74. The van der Waals surface area contributed by atoms with E-state index in [2.05, 4.69) is 22.8 Å². The molecule has 4 aromatic rings. The summed E-state index contributed by atoms with van der Waals surface area (Å²) in [6.45, 7) is 0.560. The van der Waals surface area contributed by atoms with Gasteiger partial charge in [-0.2, -0.15) is 5.26 Å². The average Bonchev–Trinajstić information content (AvgIpc) is 3.28. The molecular formula is C30H26N2O4. The third-order valence-corrected chi connectivity index (χ3v) is 6.78. The van der Waals surface area contributed by atoms with Crippen LogP contribution in [0.15, 0.2) is 72.8 Å². The molecule has 180 valence electrons. The van der Waals surface area contributed by atoms with Crippen molar-refractivity contribution in [2.24, 2.45) is 0 Å². The zero-order valence-electron chi connectivity index (χ0n) is 20.4. The minimum atomic E-state index is -0.382. The van der Waals surface area contributed by atoms with Gasteiger partial charge in [0.15, 0.2) is 0 Å². The van der Waals surface area contributed by atoms with Gasteiger partial charge in [-0.1, -0.05) is 42.5 Å². The van der Waals surface area contributed by atoms with E-state index in [0.29, 0.717) is 35.6 Å². The molecule has 0 fully saturated rings. The number of hydrogen-bond acceptors (Lipinski definition) is 5. The molecule has 0 saturated carbocycles. The van der Waals surface area contributed by atoms with Gasteiger partial charge in [0, 0.05) is 36.0 Å². The van der Waals surface area contributed by atoms with E-state index in [1.54, 1.807) is 26.4 Å². The van der Waals surface area contributed by atoms with Crippen LogP contribution in [0, 0.1) is 11.3 Å². The van der Waals surface area contributed by atoms with Gasteiger partial charge in [0.05, 0.1) is 44.4 Å². The summed E-state index contributed by atoms with van der Waals surface area (Å²) in [4.78, 5) is 13.1. The van der Waals surface area contributed by atoms with E-state index in [0.717, 1.165) is 33.6 Å². The smallest absolute Gasteiger partial charge is 0.339 e. The SMILES string of the molecule is COC(=O)c1cc(Cc2ccccc2)n2c1C(c1ccc(C#N)cc1)c1c(cc(OC)cc1OC)C2. The number of fused-ring (bicyclic) bond motifs is 2. The topological polar surface area (TPSA) is 73.5 Å². The lowest BCUT2D eigenvalue weighted by atomic mass is 9.81. The first-order valence-corrected chi connectivity index (χ1v) is 11.7. The molecule has 1 aliphatic heterocycles. The highest BCUT2D eigenvalue weighted by molar-refractivity contribution is 5.92. The molecule has 6 nitrogen and oxygen atoms in total. The van der Waals surface area contributed by atoms with Crippen LogP contribution in [0.3, 0.4) is 0 Å². The van der Waals surface area contributed by atoms with Crippen molar-refractivity contribution in [3.63, 3.8) is 0 Å². The van der Waals surface area contributed by atoms with Crippen molar-refractivity contribution >= 4 is 5.97 Å². The zero-order chi connectivity index (χ0) is 25.2. The Hall–Kier alpha value is -4.50. The Kier molecular flexibility index (Phi) is 6.22. The van der Waals surface area contributed by atoms with Gasteiger partial charge in [-0.3, -0.25) is 0 Å². The molecule has 2 heterocycles. The fraction of sp³-hybridized carbons (Fsp3) is 0.200. The maximum atomic E-state index is 13.1. The van der Waals surface area contributed by atoms with E-state index in [1.807, 2.05) is 48.5 Å². The van der Waals surface area contributed by atoms with Crippen molar-refractivity contribution in [1.82, 2.24) is 4.57 Å². The summed E-state index contributed by atoms with van der Waals surface area (Å²) < 4.78 is 18.8. The number of rotatable bonds is 6. The van der Waals surface area contributed by atoms with Crippen LogP contribution in [0.2, 0.25) is 0 Å². The van der Waals surface area contributed by atoms with Crippen LogP contribution in [0.1, 0.15) is 55.5 Å². The van der Waals surface area contributed by atoms with Crippen molar-refractivity contribution in [3.05, 3.63) is 118 Å². The number of methoxy groups -OCH3 is 3. The van der Waals surface area contributed by atoms with E-state index in [-0.39, 0.29) is 11.9 Å². The van der Waals surface area contributed by atoms with Gasteiger partial charge in [-0.05, 0) is 41.0 Å². The monoisotopic (exact) mass is 478 g/mol. The maximum Gasteiger partial charge on any atom is 0.339 e. The summed E-state index contributed by atoms with van der Waals surface area (Å²) in [5.41, 5.74) is 7.11. The normalized spacial score (nSPS) is 13.8. The van der Waals surface area contributed by atoms with Gasteiger partial charge in [0.2, 0.25) is 0 Å². The number of hydrogen-bond donors (Lipinski definition) is 0. The standard InChI is InChI=1S/C30H26N2O4/c1-34-24-14-22-18-32-23(13-19-7-5-4-6-8-19)15-25(30(33)36-3)29(32)28(27(22)26(16-24)35-2)21-11-9-20(17-31)10-12-21/h4-12,14-16,28H,13,18H2,1-3H3. The summed E-state index contributed by atoms with van der Waals surface area (Å²) in [7, 11) is 4.68. The van der Waals surface area contributed by atoms with Crippen LogP contribution in [-0.4, -0.2) is 31.9 Å². The first kappa shape index (κ1) is 23.3. The molecule has 1 atom stereocenters. The molecule has 0 N–H and O–H groups in total. The predicted octanol–water partition coefficient (Wildman–Crippen LogP) is 5.30. The van der Waals surface area contributed by atoms with Gasteiger partial charge in [-0.15, -0.1) is 0 Å². The molecule has 3 aromatic carbocycles. The summed E-state index contributed by atoms with van der Waals surface area (Å²) in [6, 6.07) is 25.7. The third kappa shape index (κ3) is 3.99. The quantitative estimate of drug-likeness (QED) is 0.310. The van der Waals surface area contributed by atoms with Crippen LogP contribution >= 0.6 is 0 Å². The molecule has 1 unspecified atom stereocenters. The molecule has 0 saturated heterocycles. The molecular weight excluding hydrogens is 452 g/mol. The first-order chi connectivity index (χ1) is 17.6. The summed E-state index contributed by atoms with van der Waals surface area (Å²) in [5, 5.41) is 9.34. The van der Waals surface area contributed by atoms with E-state index in [9.17, 15) is 10.1 Å². The number of ether oxygens (including phenoxy) is 3. The number of benzene rings is 3. The Labute approximate surface area is 210 Å². The lowest BCUT2D eigenvalue weighted by Gasteiger charge is -2.32. The number of carbonyl (C=O) groups excluding carboxylic acids is 1. The highest BCUT2D eigenvalue weighted by Gasteiger charge is 2.36. The highest BCUT2D eigenvalue weighted by atomic mass is 16.5. The summed E-state index contributed by atoms with van der Waals surface area (Å²) in [5.74, 6) is 0.706.